The van der Waals surface area contributed by atoms with E-state index in [4.69, 9.17) is 14.7 Å². The van der Waals surface area contributed by atoms with Crippen molar-refractivity contribution in [3.05, 3.63) is 90.5 Å². The van der Waals surface area contributed by atoms with Crippen LogP contribution < -0.4 is 21.3 Å². The Morgan fingerprint density at radius 3 is 2.84 bits per heavy atom. The molecule has 1 atom stereocenters. The van der Waals surface area contributed by atoms with Crippen LogP contribution in [0.2, 0.25) is 0 Å². The molecule has 0 radical (unpaired) electrons. The van der Waals surface area contributed by atoms with E-state index >= 15 is 0 Å². The van der Waals surface area contributed by atoms with Crippen LogP contribution in [0.25, 0.3) is 27.7 Å². The number of fused-ring (bicyclic) bond motifs is 2. The summed E-state index contributed by atoms with van der Waals surface area (Å²) in [5, 5.41) is 19.4. The number of morpholine rings is 1. The number of ether oxygens (including phenoxy) is 1. The summed E-state index contributed by atoms with van der Waals surface area (Å²) in [6, 6.07) is 17.3. The third-order valence-corrected chi connectivity index (χ3v) is 7.64. The molecule has 3 aromatic heterocycles. The minimum absolute atomic E-state index is 0.0724. The molecule has 1 aliphatic rings. The highest BCUT2D eigenvalue weighted by Crippen LogP contribution is 2.32. The summed E-state index contributed by atoms with van der Waals surface area (Å²) in [6.07, 6.45) is 3.68. The monoisotopic (exact) mass is 594 g/mol. The fourth-order valence-corrected chi connectivity index (χ4v) is 5.33. The van der Waals surface area contributed by atoms with Gasteiger partial charge in [-0.15, -0.1) is 0 Å². The molecule has 6 rings (SSSR count). The Bertz CT molecular complexity index is 1830. The molecule has 5 aromatic rings. The van der Waals surface area contributed by atoms with Crippen LogP contribution in [-0.2, 0) is 16.1 Å². The Kier molecular flexibility index (Phi) is 8.49. The van der Waals surface area contributed by atoms with Crippen LogP contribution in [0.3, 0.4) is 0 Å². The van der Waals surface area contributed by atoms with Gasteiger partial charge in [-0.1, -0.05) is 50.8 Å². The zero-order valence-corrected chi connectivity index (χ0v) is 24.7. The van der Waals surface area contributed by atoms with Crippen LogP contribution in [0.5, 0.6) is 0 Å². The summed E-state index contributed by atoms with van der Waals surface area (Å²) in [7, 11) is 0. The fourth-order valence-electron chi connectivity index (χ4n) is 5.33. The van der Waals surface area contributed by atoms with Gasteiger partial charge in [-0.25, -0.2) is 9.37 Å². The van der Waals surface area contributed by atoms with Crippen molar-refractivity contribution in [2.24, 2.45) is 0 Å². The lowest BCUT2D eigenvalue weighted by Crippen LogP contribution is -2.42. The summed E-state index contributed by atoms with van der Waals surface area (Å²) >= 11 is 0. The van der Waals surface area contributed by atoms with Crippen molar-refractivity contribution >= 4 is 39.6 Å². The summed E-state index contributed by atoms with van der Waals surface area (Å²) in [4.78, 5) is 21.4. The molecule has 44 heavy (non-hydrogen) atoms. The smallest absolute Gasteiger partial charge is 0.283 e. The molecular weight excluding hydrogens is 559 g/mol. The first-order valence-corrected chi connectivity index (χ1v) is 14.7. The Hall–Kier alpha value is -4.87. The quantitative estimate of drug-likeness (QED) is 0.157. The Morgan fingerprint density at radius 2 is 2.05 bits per heavy atom. The van der Waals surface area contributed by atoms with Gasteiger partial charge in [0, 0.05) is 60.6 Å². The van der Waals surface area contributed by atoms with Gasteiger partial charge in [0.1, 0.15) is 11.6 Å². The van der Waals surface area contributed by atoms with Gasteiger partial charge in [-0.2, -0.15) is 9.61 Å². The normalized spacial score (nSPS) is 15.0. The first-order valence-electron chi connectivity index (χ1n) is 14.7. The number of rotatable bonds is 10. The first kappa shape index (κ1) is 29.2. The Labute approximate surface area is 254 Å². The predicted octanol–water partition coefficient (Wildman–Crippen LogP) is 5.50. The molecule has 0 spiro atoms. The molecule has 0 saturated carbocycles. The Morgan fingerprint density at radius 1 is 1.18 bits per heavy atom. The van der Waals surface area contributed by atoms with Crippen molar-refractivity contribution in [3.8, 4) is 11.3 Å². The topological polar surface area (TPSA) is 118 Å². The molecule has 2 aromatic carbocycles. The van der Waals surface area contributed by atoms with E-state index in [2.05, 4.69) is 52.9 Å². The van der Waals surface area contributed by atoms with E-state index in [-0.39, 0.29) is 12.0 Å². The summed E-state index contributed by atoms with van der Waals surface area (Å²) < 4.78 is 20.9. The van der Waals surface area contributed by atoms with Gasteiger partial charge in [0.25, 0.3) is 5.91 Å². The average molecular weight is 595 g/mol. The SMILES string of the molecule is C=C(F)C(=O)Nc1ccc2c(-c3ccccc3CNc3cc(NCC4CNCCO4)nc4c(C(C)C)cnn34)nccc2c1. The third-order valence-electron chi connectivity index (χ3n) is 7.64. The highest BCUT2D eigenvalue weighted by Gasteiger charge is 2.18. The van der Waals surface area contributed by atoms with Crippen molar-refractivity contribution in [1.82, 2.24) is 24.9 Å². The number of halogens is 1. The van der Waals surface area contributed by atoms with Crippen LogP contribution in [-0.4, -0.2) is 57.8 Å². The second-order valence-corrected chi connectivity index (χ2v) is 11.1. The van der Waals surface area contributed by atoms with Crippen LogP contribution in [0.1, 0.15) is 30.9 Å². The number of pyridine rings is 1. The number of hydrogen-bond donors (Lipinski definition) is 4. The molecule has 4 N–H and O–H groups in total. The number of amides is 1. The number of aromatic nitrogens is 4. The zero-order valence-electron chi connectivity index (χ0n) is 24.7. The number of carbonyl (C=O) groups excluding carboxylic acids is 1. The lowest BCUT2D eigenvalue weighted by atomic mass is 9.99. The molecule has 1 unspecified atom stereocenters. The van der Waals surface area contributed by atoms with Crippen LogP contribution in [0, 0.1) is 0 Å². The molecule has 1 fully saturated rings. The van der Waals surface area contributed by atoms with Gasteiger partial charge in [0.2, 0.25) is 0 Å². The van der Waals surface area contributed by atoms with Gasteiger partial charge in [0.05, 0.1) is 24.6 Å². The van der Waals surface area contributed by atoms with Crippen LogP contribution in [0.4, 0.5) is 21.7 Å². The van der Waals surface area contributed by atoms with E-state index in [1.807, 2.05) is 47.1 Å². The maximum atomic E-state index is 13.2. The fraction of sp³-hybridized carbons (Fsp3) is 0.273. The zero-order chi connectivity index (χ0) is 30.6. The van der Waals surface area contributed by atoms with Gasteiger partial charge in [-0.05, 0) is 35.1 Å². The van der Waals surface area contributed by atoms with Gasteiger partial charge in [0.15, 0.2) is 11.5 Å². The molecule has 0 bridgehead atoms. The number of nitrogens with one attached hydrogen (secondary N) is 4. The van der Waals surface area contributed by atoms with Crippen molar-refractivity contribution in [2.45, 2.75) is 32.4 Å². The standard InChI is InChI=1S/C33H35FN8O2/c1-20(2)28-19-39-42-30(15-29(41-32(28)42)37-18-25-17-35-12-13-44-25)38-16-23-6-4-5-7-26(23)31-27-9-8-24(40-33(43)21(3)34)14-22(27)10-11-36-31/h4-11,14-15,19-20,25,35,38H,3,12-13,16-18H2,1-2H3,(H,37,41)(H,40,43). The molecule has 1 aliphatic heterocycles. The maximum absolute atomic E-state index is 13.2. The summed E-state index contributed by atoms with van der Waals surface area (Å²) in [5.41, 5.74) is 5.16. The number of nitrogens with zero attached hydrogens (tertiary/aromatic N) is 4. The third kappa shape index (κ3) is 6.24. The van der Waals surface area contributed by atoms with Gasteiger partial charge < -0.3 is 26.0 Å². The summed E-state index contributed by atoms with van der Waals surface area (Å²) in [6.45, 7) is 10.8. The molecule has 226 valence electrons. The van der Waals surface area contributed by atoms with Gasteiger partial charge in [-0.3, -0.25) is 9.78 Å². The molecule has 11 heteroatoms. The van der Waals surface area contributed by atoms with Crippen molar-refractivity contribution in [3.63, 3.8) is 0 Å². The molecule has 1 saturated heterocycles. The molecular formula is C33H35FN8O2. The minimum Gasteiger partial charge on any atom is -0.374 e. The van der Waals surface area contributed by atoms with E-state index < -0.39 is 11.7 Å². The van der Waals surface area contributed by atoms with E-state index in [0.29, 0.717) is 25.4 Å². The van der Waals surface area contributed by atoms with E-state index in [9.17, 15) is 9.18 Å². The molecule has 0 aliphatic carbocycles. The molecule has 10 nitrogen and oxygen atoms in total. The van der Waals surface area contributed by atoms with Crippen molar-refractivity contribution in [1.29, 1.82) is 0 Å². The second kappa shape index (κ2) is 12.8. The largest absolute Gasteiger partial charge is 0.374 e. The second-order valence-electron chi connectivity index (χ2n) is 11.1. The highest BCUT2D eigenvalue weighted by molar-refractivity contribution is 6.04. The Balaban J connectivity index is 1.29. The molecule has 1 amide bonds. The van der Waals surface area contributed by atoms with E-state index in [1.165, 1.54) is 0 Å². The predicted molar refractivity (Wildman–Crippen MR) is 172 cm³/mol. The van der Waals surface area contributed by atoms with E-state index in [1.54, 1.807) is 18.3 Å². The van der Waals surface area contributed by atoms with Crippen LogP contribution in [0.15, 0.2) is 79.4 Å². The first-order chi connectivity index (χ1) is 21.4. The van der Waals surface area contributed by atoms with Crippen molar-refractivity contribution in [2.75, 3.05) is 42.2 Å². The molecule has 4 heterocycles. The number of anilines is 3. The van der Waals surface area contributed by atoms with Crippen LogP contribution >= 0.6 is 0 Å². The number of benzene rings is 2. The van der Waals surface area contributed by atoms with Gasteiger partial charge >= 0.3 is 0 Å². The lowest BCUT2D eigenvalue weighted by molar-refractivity contribution is -0.114. The van der Waals surface area contributed by atoms with Crippen molar-refractivity contribution < 1.29 is 13.9 Å². The lowest BCUT2D eigenvalue weighted by Gasteiger charge is -2.24. The highest BCUT2D eigenvalue weighted by atomic mass is 19.1. The number of hydrogen-bond acceptors (Lipinski definition) is 8. The maximum Gasteiger partial charge on any atom is 0.283 e. The summed E-state index contributed by atoms with van der Waals surface area (Å²) in [5.74, 6) is -0.0859. The number of carbonyl (C=O) groups is 1. The van der Waals surface area contributed by atoms with E-state index in [0.717, 1.165) is 63.5 Å². The minimum atomic E-state index is -1.04. The average Bonchev–Trinajstić information content (AvgIpc) is 3.47.